The highest BCUT2D eigenvalue weighted by Crippen LogP contribution is 2.35. The number of nitrogens with zero attached hydrogens (tertiary/aromatic N) is 4. The summed E-state index contributed by atoms with van der Waals surface area (Å²) < 4.78 is 5.64. The molecule has 0 spiro atoms. The fourth-order valence-corrected chi connectivity index (χ4v) is 5.50. The Morgan fingerprint density at radius 2 is 1.80 bits per heavy atom. The molecule has 1 aliphatic rings. The van der Waals surface area contributed by atoms with Crippen molar-refractivity contribution in [1.29, 1.82) is 0 Å². The molecule has 2 aromatic rings. The van der Waals surface area contributed by atoms with E-state index in [1.165, 1.54) is 18.3 Å². The number of esters is 1. The lowest BCUT2D eigenvalue weighted by atomic mass is 9.96. The van der Waals surface area contributed by atoms with Gasteiger partial charge in [0.15, 0.2) is 6.10 Å². The molecule has 0 aliphatic heterocycles. The van der Waals surface area contributed by atoms with Crippen molar-refractivity contribution in [3.63, 3.8) is 0 Å². The van der Waals surface area contributed by atoms with E-state index >= 15 is 0 Å². The number of aromatic nitrogens is 3. The summed E-state index contributed by atoms with van der Waals surface area (Å²) in [6, 6.07) is -0.731. The van der Waals surface area contributed by atoms with Gasteiger partial charge < -0.3 is 20.1 Å². The molecule has 1 saturated carbocycles. The fourth-order valence-electron chi connectivity index (χ4n) is 4.66. The van der Waals surface area contributed by atoms with E-state index in [4.69, 9.17) is 4.74 Å². The predicted octanol–water partition coefficient (Wildman–Crippen LogP) is 3.97. The minimum absolute atomic E-state index is 0.0752. The largest absolute Gasteiger partial charge is 0.481 e. The van der Waals surface area contributed by atoms with Crippen molar-refractivity contribution < 1.29 is 29.0 Å². The minimum Gasteiger partial charge on any atom is -0.481 e. The van der Waals surface area contributed by atoms with E-state index in [1.807, 2.05) is 20.8 Å². The molecule has 4 unspecified atom stereocenters. The van der Waals surface area contributed by atoms with Gasteiger partial charge in [0.1, 0.15) is 16.5 Å². The second-order valence-corrected chi connectivity index (χ2v) is 12.3. The van der Waals surface area contributed by atoms with Crippen molar-refractivity contribution in [1.82, 2.24) is 25.2 Å². The molecule has 2 heterocycles. The van der Waals surface area contributed by atoms with E-state index in [1.54, 1.807) is 36.6 Å². The van der Waals surface area contributed by atoms with Gasteiger partial charge in [0.05, 0.1) is 5.92 Å². The topological polar surface area (TPSA) is 152 Å². The van der Waals surface area contributed by atoms with Gasteiger partial charge in [-0.15, -0.1) is 11.3 Å². The van der Waals surface area contributed by atoms with Gasteiger partial charge >= 0.3 is 11.9 Å². The molecule has 0 aromatic carbocycles. The second-order valence-electron chi connectivity index (χ2n) is 11.4. The minimum atomic E-state index is -0.963. The quantitative estimate of drug-likeness (QED) is 0.295. The second kappa shape index (κ2) is 14.5. The third-order valence-electron chi connectivity index (χ3n) is 7.27. The molecule has 0 radical (unpaired) electrons. The number of carboxylic acid groups (broad SMARTS) is 1. The van der Waals surface area contributed by atoms with Crippen LogP contribution in [0.1, 0.15) is 92.8 Å². The Kier molecular flexibility index (Phi) is 11.3. The molecule has 1 fully saturated rings. The van der Waals surface area contributed by atoms with Gasteiger partial charge in [-0.25, -0.2) is 15.0 Å². The van der Waals surface area contributed by atoms with Crippen LogP contribution < -0.4 is 5.32 Å². The van der Waals surface area contributed by atoms with Crippen LogP contribution in [0.4, 0.5) is 0 Å². The number of rotatable bonds is 15. The van der Waals surface area contributed by atoms with Gasteiger partial charge in [-0.3, -0.25) is 19.2 Å². The lowest BCUT2D eigenvalue weighted by Crippen LogP contribution is -2.42. The van der Waals surface area contributed by atoms with Crippen molar-refractivity contribution in [3.05, 3.63) is 39.9 Å². The van der Waals surface area contributed by atoms with Crippen molar-refractivity contribution in [2.75, 3.05) is 7.05 Å². The zero-order valence-electron chi connectivity index (χ0n) is 24.6. The third-order valence-corrected chi connectivity index (χ3v) is 8.21. The smallest absolute Gasteiger partial charge is 0.306 e. The van der Waals surface area contributed by atoms with E-state index in [0.29, 0.717) is 29.6 Å². The summed E-state index contributed by atoms with van der Waals surface area (Å²) in [4.78, 5) is 64.4. The first-order valence-electron chi connectivity index (χ1n) is 14.0. The van der Waals surface area contributed by atoms with Crippen LogP contribution in [-0.4, -0.2) is 67.8 Å². The normalized spacial score (nSPS) is 16.0. The van der Waals surface area contributed by atoms with Gasteiger partial charge in [0.25, 0.3) is 5.91 Å². The SMILES string of the molecule is CC(=O)OC(CC(C(C)C)N(C)C(=O)CC1CC1)c1nc(C(=O)NC(Cc2ncc(C)cn2)CC(C)C(=O)O)cs1. The summed E-state index contributed by atoms with van der Waals surface area (Å²) in [5, 5.41) is 14.4. The molecule has 0 bridgehead atoms. The molecule has 2 amide bonds. The van der Waals surface area contributed by atoms with Crippen molar-refractivity contribution in [2.24, 2.45) is 17.8 Å². The lowest BCUT2D eigenvalue weighted by molar-refractivity contribution is -0.148. The number of carbonyl (C=O) groups excluding carboxylic acids is 3. The molecule has 2 N–H and O–H groups in total. The number of amides is 2. The first kappa shape index (κ1) is 32.1. The number of carboxylic acids is 1. The number of thiazole rings is 1. The molecule has 41 heavy (non-hydrogen) atoms. The number of nitrogens with one attached hydrogen (secondary N) is 1. The summed E-state index contributed by atoms with van der Waals surface area (Å²) in [6.45, 7) is 8.81. The maximum absolute atomic E-state index is 13.2. The Labute approximate surface area is 245 Å². The number of ether oxygens (including phenoxy) is 1. The first-order chi connectivity index (χ1) is 19.3. The Bertz CT molecular complexity index is 1210. The van der Waals surface area contributed by atoms with Crippen molar-refractivity contribution >= 4 is 35.1 Å². The molecule has 224 valence electrons. The van der Waals surface area contributed by atoms with Crippen LogP contribution in [0.2, 0.25) is 0 Å². The fraction of sp³-hybridized carbons (Fsp3) is 0.621. The number of hydrogen-bond acceptors (Lipinski definition) is 9. The Hall–Kier alpha value is -3.41. The van der Waals surface area contributed by atoms with E-state index in [9.17, 15) is 24.3 Å². The molecule has 1 aliphatic carbocycles. The van der Waals surface area contributed by atoms with Gasteiger partial charge in [0, 0.05) is 63.1 Å². The molecule has 0 saturated heterocycles. The van der Waals surface area contributed by atoms with Crippen LogP contribution in [0.5, 0.6) is 0 Å². The number of aliphatic carboxylic acids is 1. The standard InChI is InChI=1S/C29H41N5O6S/c1-16(2)23(34(6)26(36)10-20-7-8-20)12-24(40-19(5)35)28-33-22(15-41-28)27(37)32-21(9-18(4)29(38)39)11-25-30-13-17(3)14-31-25/h13-16,18,20-21,23-24H,7-12H2,1-6H3,(H,32,37)(H,38,39). The number of aryl methyl sites for hydroxylation is 1. The predicted molar refractivity (Wildman–Crippen MR) is 153 cm³/mol. The van der Waals surface area contributed by atoms with Crippen LogP contribution in [0, 0.1) is 24.7 Å². The monoisotopic (exact) mass is 587 g/mol. The van der Waals surface area contributed by atoms with Crippen LogP contribution in [0.3, 0.4) is 0 Å². The van der Waals surface area contributed by atoms with Crippen LogP contribution in [0.15, 0.2) is 17.8 Å². The molecular weight excluding hydrogens is 546 g/mol. The van der Waals surface area contributed by atoms with Crippen LogP contribution in [-0.2, 0) is 25.5 Å². The molecule has 3 rings (SSSR count). The Morgan fingerprint density at radius 1 is 1.15 bits per heavy atom. The van der Waals surface area contributed by atoms with E-state index in [-0.39, 0.29) is 36.4 Å². The van der Waals surface area contributed by atoms with Gasteiger partial charge in [-0.1, -0.05) is 20.8 Å². The zero-order valence-corrected chi connectivity index (χ0v) is 25.4. The first-order valence-corrected chi connectivity index (χ1v) is 14.9. The summed E-state index contributed by atoms with van der Waals surface area (Å²) >= 11 is 1.20. The van der Waals surface area contributed by atoms with Gasteiger partial charge in [0.2, 0.25) is 5.91 Å². The summed E-state index contributed by atoms with van der Waals surface area (Å²) in [7, 11) is 1.79. The molecule has 2 aromatic heterocycles. The third kappa shape index (κ3) is 9.87. The van der Waals surface area contributed by atoms with Crippen LogP contribution in [0.25, 0.3) is 0 Å². The van der Waals surface area contributed by atoms with E-state index in [0.717, 1.165) is 18.4 Å². The molecule has 11 nitrogen and oxygen atoms in total. The highest BCUT2D eigenvalue weighted by atomic mass is 32.1. The highest BCUT2D eigenvalue weighted by Gasteiger charge is 2.33. The van der Waals surface area contributed by atoms with E-state index < -0.39 is 35.9 Å². The molecule has 12 heteroatoms. The Morgan fingerprint density at radius 3 is 2.37 bits per heavy atom. The number of hydrogen-bond donors (Lipinski definition) is 2. The average Bonchev–Trinajstić information content (AvgIpc) is 3.57. The molecular formula is C29H41N5O6S. The lowest BCUT2D eigenvalue weighted by Gasteiger charge is -2.33. The average molecular weight is 588 g/mol. The highest BCUT2D eigenvalue weighted by molar-refractivity contribution is 7.09. The van der Waals surface area contributed by atoms with Gasteiger partial charge in [-0.2, -0.15) is 0 Å². The summed E-state index contributed by atoms with van der Waals surface area (Å²) in [6.07, 6.45) is 6.09. The molecule has 4 atom stereocenters. The number of carbonyl (C=O) groups is 4. The Balaban J connectivity index is 1.76. The zero-order chi connectivity index (χ0) is 30.3. The van der Waals surface area contributed by atoms with Gasteiger partial charge in [-0.05, 0) is 43.6 Å². The maximum atomic E-state index is 13.2. The summed E-state index contributed by atoms with van der Waals surface area (Å²) in [5.41, 5.74) is 1.03. The van der Waals surface area contributed by atoms with Crippen molar-refractivity contribution in [3.8, 4) is 0 Å². The summed E-state index contributed by atoms with van der Waals surface area (Å²) in [5.74, 6) is -1.48. The van der Waals surface area contributed by atoms with Crippen LogP contribution >= 0.6 is 11.3 Å². The van der Waals surface area contributed by atoms with E-state index in [2.05, 4.69) is 20.3 Å². The maximum Gasteiger partial charge on any atom is 0.306 e. The van der Waals surface area contributed by atoms with Crippen molar-refractivity contribution in [2.45, 2.75) is 91.3 Å².